The van der Waals surface area contributed by atoms with Crippen molar-refractivity contribution in [1.29, 1.82) is 0 Å². The maximum Gasteiger partial charge on any atom is 0.408 e. The van der Waals surface area contributed by atoms with Crippen LogP contribution >= 0.6 is 0 Å². The number of alkyl halides is 1. The Morgan fingerprint density at radius 2 is 1.41 bits per heavy atom. The lowest BCUT2D eigenvalue weighted by atomic mass is 10.0. The Morgan fingerprint density at radius 1 is 0.773 bits per heavy atom. The average molecular weight is 617 g/mol. The second kappa shape index (κ2) is 17.2. The third-order valence-electron chi connectivity index (χ3n) is 6.41. The molecule has 4 unspecified atom stereocenters. The quantitative estimate of drug-likeness (QED) is 0.161. The largest absolute Gasteiger partial charge is 0.508 e. The Morgan fingerprint density at radius 3 is 1.98 bits per heavy atom. The Kier molecular flexibility index (Phi) is 13.7. The zero-order valence-corrected chi connectivity index (χ0v) is 24.5. The summed E-state index contributed by atoms with van der Waals surface area (Å²) in [4.78, 5) is 74.4. The number of nitrogens with one attached hydrogen (secondary N) is 4. The van der Waals surface area contributed by atoms with Gasteiger partial charge in [-0.3, -0.25) is 24.0 Å². The number of Topliss-reactive ketones (excluding diaryl/α,β-unsaturated/α-hetero) is 1. The Labute approximate surface area is 253 Å². The number of phenolic OH excluding ortho intramolecular Hbond substituents is 1. The fourth-order valence-corrected chi connectivity index (χ4v) is 3.95. The van der Waals surface area contributed by atoms with Gasteiger partial charge in [0.25, 0.3) is 0 Å². The summed E-state index contributed by atoms with van der Waals surface area (Å²) in [7, 11) is 0. The molecular formula is C30H37FN4O9. The van der Waals surface area contributed by atoms with Crippen LogP contribution in [0.15, 0.2) is 54.6 Å². The van der Waals surface area contributed by atoms with Crippen LogP contribution in [0.2, 0.25) is 0 Å². The van der Waals surface area contributed by atoms with Crippen molar-refractivity contribution in [3.05, 3.63) is 65.7 Å². The molecule has 4 atom stereocenters. The van der Waals surface area contributed by atoms with Gasteiger partial charge in [0, 0.05) is 6.42 Å². The number of carboxylic acids is 1. The van der Waals surface area contributed by atoms with E-state index in [0.29, 0.717) is 5.56 Å². The number of carboxylic acid groups (broad SMARTS) is 1. The van der Waals surface area contributed by atoms with Crippen LogP contribution in [-0.2, 0) is 41.7 Å². The van der Waals surface area contributed by atoms with Crippen molar-refractivity contribution in [3.8, 4) is 5.75 Å². The Hall–Kier alpha value is -5.01. The van der Waals surface area contributed by atoms with Gasteiger partial charge in [0.15, 0.2) is 5.78 Å². The number of carbonyl (C=O) groups is 6. The van der Waals surface area contributed by atoms with E-state index in [2.05, 4.69) is 21.3 Å². The van der Waals surface area contributed by atoms with Gasteiger partial charge in [0.05, 0.1) is 6.42 Å². The van der Waals surface area contributed by atoms with Crippen LogP contribution in [0, 0.1) is 5.92 Å². The molecule has 0 fully saturated rings. The molecule has 0 aliphatic carbocycles. The van der Waals surface area contributed by atoms with Crippen LogP contribution in [0.3, 0.4) is 0 Å². The normalized spacial score (nSPS) is 13.5. The summed E-state index contributed by atoms with van der Waals surface area (Å²) in [5.41, 5.74) is 1.31. The molecule has 2 aromatic rings. The summed E-state index contributed by atoms with van der Waals surface area (Å²) in [5.74, 6) is -5.53. The molecule has 0 saturated carbocycles. The molecule has 0 bridgehead atoms. The standard InChI is InChI=1S/C30H37FN4O9/c1-17(2)26(29(42)32-18(3)27(40)33-22(14-25(38)39)24(37)15-31)35-28(41)23(13-19-9-11-21(36)12-10-19)34-30(43)44-16-20-7-5-4-6-8-20/h4-12,17-18,22-23,26,36H,13-16H2,1-3H3,(H,32,42)(H,33,40)(H,34,43)(H,35,41)(H,38,39). The molecule has 0 spiro atoms. The predicted molar refractivity (Wildman–Crippen MR) is 155 cm³/mol. The fourth-order valence-electron chi connectivity index (χ4n) is 3.95. The minimum Gasteiger partial charge on any atom is -0.508 e. The summed E-state index contributed by atoms with van der Waals surface area (Å²) in [6.07, 6.45) is -1.75. The highest BCUT2D eigenvalue weighted by molar-refractivity contribution is 5.96. The van der Waals surface area contributed by atoms with E-state index in [1.165, 1.54) is 19.1 Å². The number of aliphatic carboxylic acids is 1. The number of carbonyl (C=O) groups excluding carboxylic acids is 5. The number of hydrogen-bond acceptors (Lipinski definition) is 8. The second-order valence-corrected chi connectivity index (χ2v) is 10.3. The van der Waals surface area contributed by atoms with Gasteiger partial charge in [0.2, 0.25) is 17.7 Å². The number of ether oxygens (including phenoxy) is 1. The molecule has 0 aliphatic heterocycles. The number of halogens is 1. The van der Waals surface area contributed by atoms with Gasteiger partial charge >= 0.3 is 12.1 Å². The van der Waals surface area contributed by atoms with Crippen molar-refractivity contribution in [2.24, 2.45) is 5.92 Å². The minimum atomic E-state index is -1.63. The third kappa shape index (κ3) is 11.7. The highest BCUT2D eigenvalue weighted by Crippen LogP contribution is 2.13. The maximum absolute atomic E-state index is 13.4. The predicted octanol–water partition coefficient (Wildman–Crippen LogP) is 1.37. The average Bonchev–Trinajstić information content (AvgIpc) is 2.98. The van der Waals surface area contributed by atoms with E-state index >= 15 is 0 Å². The Balaban J connectivity index is 2.13. The molecule has 0 saturated heterocycles. The number of hydrogen-bond donors (Lipinski definition) is 6. The van der Waals surface area contributed by atoms with E-state index in [9.17, 15) is 38.3 Å². The molecule has 2 aromatic carbocycles. The molecule has 6 N–H and O–H groups in total. The van der Waals surface area contributed by atoms with Crippen molar-refractivity contribution in [3.63, 3.8) is 0 Å². The molecule has 0 aliphatic rings. The van der Waals surface area contributed by atoms with Crippen molar-refractivity contribution in [1.82, 2.24) is 21.3 Å². The van der Waals surface area contributed by atoms with E-state index in [1.54, 1.807) is 56.3 Å². The first-order valence-corrected chi connectivity index (χ1v) is 13.8. The number of aromatic hydroxyl groups is 1. The summed E-state index contributed by atoms with van der Waals surface area (Å²) in [6, 6.07) is 9.50. The highest BCUT2D eigenvalue weighted by atomic mass is 19.1. The molecule has 0 heterocycles. The number of amides is 4. The lowest BCUT2D eigenvalue weighted by Gasteiger charge is -2.27. The molecule has 44 heavy (non-hydrogen) atoms. The number of ketones is 1. The number of phenols is 1. The van der Waals surface area contributed by atoms with Crippen molar-refractivity contribution < 1.29 is 48.1 Å². The zero-order chi connectivity index (χ0) is 32.8. The lowest BCUT2D eigenvalue weighted by molar-refractivity contribution is -0.140. The summed E-state index contributed by atoms with van der Waals surface area (Å²) in [5, 5.41) is 28.2. The van der Waals surface area contributed by atoms with Crippen molar-refractivity contribution >= 4 is 35.6 Å². The van der Waals surface area contributed by atoms with Crippen molar-refractivity contribution in [2.75, 3.05) is 6.67 Å². The van der Waals surface area contributed by atoms with Crippen LogP contribution in [0.1, 0.15) is 38.3 Å². The number of benzene rings is 2. The first-order chi connectivity index (χ1) is 20.8. The Bertz CT molecular complexity index is 1310. The van der Waals surface area contributed by atoms with Gasteiger partial charge in [-0.25, -0.2) is 9.18 Å². The topological polar surface area (TPSA) is 200 Å². The van der Waals surface area contributed by atoms with E-state index in [0.717, 1.165) is 5.56 Å². The van der Waals surface area contributed by atoms with Crippen LogP contribution in [0.25, 0.3) is 0 Å². The molecule has 0 aromatic heterocycles. The van der Waals surface area contributed by atoms with Crippen LogP contribution in [0.4, 0.5) is 9.18 Å². The lowest BCUT2D eigenvalue weighted by Crippen LogP contribution is -2.58. The molecule has 238 valence electrons. The number of rotatable bonds is 16. The highest BCUT2D eigenvalue weighted by Gasteiger charge is 2.32. The minimum absolute atomic E-state index is 0.00280. The SMILES string of the molecule is CC(NC(=O)C(NC(=O)C(Cc1ccc(O)cc1)NC(=O)OCc1ccccc1)C(C)C)C(=O)NC(CC(=O)O)C(=O)CF. The molecule has 13 nitrogen and oxygen atoms in total. The van der Waals surface area contributed by atoms with Crippen LogP contribution < -0.4 is 21.3 Å². The van der Waals surface area contributed by atoms with E-state index in [-0.39, 0.29) is 18.8 Å². The maximum atomic E-state index is 13.4. The smallest absolute Gasteiger partial charge is 0.408 e. The van der Waals surface area contributed by atoms with Gasteiger partial charge in [-0.2, -0.15) is 0 Å². The molecule has 4 amide bonds. The molecule has 14 heteroatoms. The molecular weight excluding hydrogens is 579 g/mol. The van der Waals surface area contributed by atoms with E-state index in [1.807, 2.05) is 0 Å². The first-order valence-electron chi connectivity index (χ1n) is 13.8. The third-order valence-corrected chi connectivity index (χ3v) is 6.41. The van der Waals surface area contributed by atoms with Crippen LogP contribution in [0.5, 0.6) is 5.75 Å². The summed E-state index contributed by atoms with van der Waals surface area (Å²) < 4.78 is 18.1. The van der Waals surface area contributed by atoms with Gasteiger partial charge in [-0.05, 0) is 36.1 Å². The van der Waals surface area contributed by atoms with E-state index < -0.39 is 78.7 Å². The summed E-state index contributed by atoms with van der Waals surface area (Å²) >= 11 is 0. The van der Waals surface area contributed by atoms with Crippen molar-refractivity contribution in [2.45, 2.75) is 64.4 Å². The fraction of sp³-hybridized carbons (Fsp3) is 0.400. The monoisotopic (exact) mass is 616 g/mol. The molecule has 2 rings (SSSR count). The van der Waals surface area contributed by atoms with Gasteiger partial charge < -0.3 is 36.2 Å². The molecule has 0 radical (unpaired) electrons. The zero-order valence-electron chi connectivity index (χ0n) is 24.5. The van der Waals surface area contributed by atoms with E-state index in [4.69, 9.17) is 9.84 Å². The van der Waals surface area contributed by atoms with Crippen LogP contribution in [-0.4, -0.2) is 76.6 Å². The van der Waals surface area contributed by atoms with Gasteiger partial charge in [-0.1, -0.05) is 56.3 Å². The summed E-state index contributed by atoms with van der Waals surface area (Å²) in [6.45, 7) is 2.99. The first kappa shape index (κ1) is 35.2. The number of alkyl carbamates (subject to hydrolysis) is 1. The second-order valence-electron chi connectivity index (χ2n) is 10.3. The van der Waals surface area contributed by atoms with Gasteiger partial charge in [0.1, 0.15) is 43.2 Å². The van der Waals surface area contributed by atoms with Gasteiger partial charge in [-0.15, -0.1) is 0 Å².